The highest BCUT2D eigenvalue weighted by Gasteiger charge is 2.15. The Labute approximate surface area is 176 Å². The molecule has 1 aromatic heterocycles. The Bertz CT molecular complexity index is 1060. The molecule has 30 heavy (non-hydrogen) atoms. The zero-order valence-corrected chi connectivity index (χ0v) is 17.7. The van der Waals surface area contributed by atoms with Gasteiger partial charge in [0.2, 0.25) is 0 Å². The van der Waals surface area contributed by atoms with E-state index in [2.05, 4.69) is 39.7 Å². The van der Waals surface area contributed by atoms with Gasteiger partial charge in [-0.2, -0.15) is 0 Å². The first kappa shape index (κ1) is 21.3. The Morgan fingerprint density at radius 2 is 1.87 bits per heavy atom. The van der Waals surface area contributed by atoms with Crippen LogP contribution in [-0.2, 0) is 0 Å². The highest BCUT2D eigenvalue weighted by Crippen LogP contribution is 2.34. The zero-order valence-electron chi connectivity index (χ0n) is 17.7. The van der Waals surface area contributed by atoms with Crippen molar-refractivity contribution in [2.75, 3.05) is 12.4 Å². The van der Waals surface area contributed by atoms with E-state index in [4.69, 9.17) is 4.74 Å². The Morgan fingerprint density at radius 1 is 1.10 bits per heavy atom. The standard InChI is InChI=1S/C22H21FN4O.C2H6/c1-14(19-5-3-4-10-24-19)27-22-18-11-16(15-6-8-17(23)9-7-15)12-20(28-2)21(18)25-13-26-22;1-2/h4-14,24H,3H2,1-2H3,(H,25,26,27);1-2H3. The van der Waals surface area contributed by atoms with Crippen LogP contribution in [0.3, 0.4) is 0 Å². The van der Waals surface area contributed by atoms with E-state index in [1.807, 2.05) is 32.2 Å². The van der Waals surface area contributed by atoms with Crippen LogP contribution in [0.5, 0.6) is 5.75 Å². The second kappa shape index (κ2) is 9.87. The summed E-state index contributed by atoms with van der Waals surface area (Å²) in [5.74, 6) is 1.10. The maximum absolute atomic E-state index is 13.3. The predicted octanol–water partition coefficient (Wildman–Crippen LogP) is 5.66. The van der Waals surface area contributed by atoms with Crippen LogP contribution >= 0.6 is 0 Å². The molecule has 156 valence electrons. The van der Waals surface area contributed by atoms with Gasteiger partial charge in [0.1, 0.15) is 29.2 Å². The summed E-state index contributed by atoms with van der Waals surface area (Å²) in [6, 6.07) is 10.3. The van der Waals surface area contributed by atoms with Gasteiger partial charge in [-0.25, -0.2) is 14.4 Å². The van der Waals surface area contributed by atoms with E-state index in [1.165, 1.54) is 18.5 Å². The number of benzene rings is 2. The Morgan fingerprint density at radius 3 is 2.53 bits per heavy atom. The minimum absolute atomic E-state index is 0.0449. The maximum Gasteiger partial charge on any atom is 0.145 e. The number of anilines is 1. The van der Waals surface area contributed by atoms with Gasteiger partial charge in [-0.15, -0.1) is 0 Å². The molecule has 0 amide bonds. The molecule has 2 heterocycles. The van der Waals surface area contributed by atoms with Crippen molar-refractivity contribution >= 4 is 16.7 Å². The molecule has 0 spiro atoms. The predicted molar refractivity (Wildman–Crippen MR) is 121 cm³/mol. The molecular formula is C24H27FN4O. The molecular weight excluding hydrogens is 379 g/mol. The average Bonchev–Trinajstić information content (AvgIpc) is 2.81. The lowest BCUT2D eigenvalue weighted by atomic mass is 10.0. The Hall–Kier alpha value is -3.41. The molecule has 0 saturated heterocycles. The van der Waals surface area contributed by atoms with Crippen molar-refractivity contribution in [1.29, 1.82) is 0 Å². The SMILES string of the molecule is CC.COc1cc(-c2ccc(F)cc2)cc2c(NC(C)C3=CCC=CN3)ncnc12. The molecule has 0 fully saturated rings. The Balaban J connectivity index is 0.00000124. The molecule has 0 saturated carbocycles. The number of hydrogen-bond donors (Lipinski definition) is 2. The van der Waals surface area contributed by atoms with Gasteiger partial charge >= 0.3 is 0 Å². The van der Waals surface area contributed by atoms with Crippen molar-refractivity contribution in [2.24, 2.45) is 0 Å². The number of hydrogen-bond acceptors (Lipinski definition) is 5. The maximum atomic E-state index is 13.3. The Kier molecular flexibility index (Phi) is 7.01. The second-order valence-electron chi connectivity index (χ2n) is 6.61. The van der Waals surface area contributed by atoms with Crippen LogP contribution in [0.15, 0.2) is 66.8 Å². The zero-order chi connectivity index (χ0) is 21.5. The summed E-state index contributed by atoms with van der Waals surface area (Å²) in [6.07, 6.45) is 8.59. The summed E-state index contributed by atoms with van der Waals surface area (Å²) in [6.45, 7) is 6.08. The minimum atomic E-state index is -0.265. The normalized spacial score (nSPS) is 13.6. The third-order valence-electron chi connectivity index (χ3n) is 4.76. The van der Waals surface area contributed by atoms with Crippen molar-refractivity contribution in [3.05, 3.63) is 72.6 Å². The first-order valence-electron chi connectivity index (χ1n) is 10.1. The fraction of sp³-hybridized carbons (Fsp3) is 0.250. The number of dihydropyridines is 1. The molecule has 5 nitrogen and oxygen atoms in total. The quantitative estimate of drug-likeness (QED) is 0.572. The number of rotatable bonds is 5. The highest BCUT2D eigenvalue weighted by atomic mass is 19.1. The van der Waals surface area contributed by atoms with Crippen LogP contribution in [-0.4, -0.2) is 23.1 Å². The summed E-state index contributed by atoms with van der Waals surface area (Å²) in [5, 5.41) is 7.58. The lowest BCUT2D eigenvalue weighted by molar-refractivity contribution is 0.419. The summed E-state index contributed by atoms with van der Waals surface area (Å²) >= 11 is 0. The van der Waals surface area contributed by atoms with Crippen LogP contribution in [0, 0.1) is 5.82 Å². The molecule has 1 unspecified atom stereocenters. The summed E-state index contributed by atoms with van der Waals surface area (Å²) in [5.41, 5.74) is 3.62. The van der Waals surface area contributed by atoms with Crippen molar-refractivity contribution in [2.45, 2.75) is 33.2 Å². The molecule has 2 N–H and O–H groups in total. The first-order chi connectivity index (χ1) is 14.7. The van der Waals surface area contributed by atoms with Gasteiger partial charge in [-0.05, 0) is 54.9 Å². The number of ether oxygens (including phenoxy) is 1. The van der Waals surface area contributed by atoms with Crippen molar-refractivity contribution in [3.8, 4) is 16.9 Å². The number of aromatic nitrogens is 2. The largest absolute Gasteiger partial charge is 0.494 e. The van der Waals surface area contributed by atoms with Crippen molar-refractivity contribution in [3.63, 3.8) is 0 Å². The lowest BCUT2D eigenvalue weighted by Crippen LogP contribution is -2.27. The summed E-state index contributed by atoms with van der Waals surface area (Å²) in [4.78, 5) is 8.86. The van der Waals surface area contributed by atoms with Crippen LogP contribution in [0.2, 0.25) is 0 Å². The van der Waals surface area contributed by atoms with E-state index in [0.29, 0.717) is 5.75 Å². The van der Waals surface area contributed by atoms with Crippen LogP contribution < -0.4 is 15.4 Å². The third kappa shape index (κ3) is 4.59. The smallest absolute Gasteiger partial charge is 0.145 e. The molecule has 4 rings (SSSR count). The number of nitrogens with one attached hydrogen (secondary N) is 2. The van der Waals surface area contributed by atoms with E-state index >= 15 is 0 Å². The molecule has 0 bridgehead atoms. The third-order valence-corrected chi connectivity index (χ3v) is 4.76. The average molecular weight is 407 g/mol. The van der Waals surface area contributed by atoms with Crippen molar-refractivity contribution in [1.82, 2.24) is 15.3 Å². The minimum Gasteiger partial charge on any atom is -0.494 e. The van der Waals surface area contributed by atoms with Crippen LogP contribution in [0.4, 0.5) is 10.2 Å². The van der Waals surface area contributed by atoms with Gasteiger partial charge in [-0.3, -0.25) is 0 Å². The summed E-state index contributed by atoms with van der Waals surface area (Å²) < 4.78 is 18.9. The molecule has 1 aliphatic heterocycles. The van der Waals surface area contributed by atoms with Gasteiger partial charge < -0.3 is 15.4 Å². The van der Waals surface area contributed by atoms with Crippen LogP contribution in [0.25, 0.3) is 22.0 Å². The number of halogens is 1. The molecule has 1 aliphatic rings. The molecule has 6 heteroatoms. The van der Waals surface area contributed by atoms with E-state index in [1.54, 1.807) is 19.2 Å². The number of methoxy groups -OCH3 is 1. The fourth-order valence-corrected chi connectivity index (χ4v) is 3.28. The highest BCUT2D eigenvalue weighted by molar-refractivity contribution is 5.96. The fourth-order valence-electron chi connectivity index (χ4n) is 3.28. The molecule has 0 aliphatic carbocycles. The molecule has 1 atom stereocenters. The molecule has 3 aromatic rings. The van der Waals surface area contributed by atoms with Gasteiger partial charge in [-0.1, -0.05) is 38.1 Å². The lowest BCUT2D eigenvalue weighted by Gasteiger charge is -2.21. The summed E-state index contributed by atoms with van der Waals surface area (Å²) in [7, 11) is 1.62. The van der Waals surface area contributed by atoms with Gasteiger partial charge in [0.05, 0.1) is 13.2 Å². The van der Waals surface area contributed by atoms with E-state index in [0.717, 1.165) is 40.0 Å². The van der Waals surface area contributed by atoms with Gasteiger partial charge in [0.15, 0.2) is 0 Å². The second-order valence-corrected chi connectivity index (χ2v) is 6.61. The van der Waals surface area contributed by atoms with Crippen molar-refractivity contribution < 1.29 is 9.13 Å². The molecule has 2 aromatic carbocycles. The topological polar surface area (TPSA) is 59.1 Å². The number of nitrogens with zero attached hydrogens (tertiary/aromatic N) is 2. The van der Waals surface area contributed by atoms with E-state index < -0.39 is 0 Å². The number of fused-ring (bicyclic) bond motifs is 1. The van der Waals surface area contributed by atoms with Gasteiger partial charge in [0.25, 0.3) is 0 Å². The monoisotopic (exact) mass is 406 g/mol. The van der Waals surface area contributed by atoms with Crippen LogP contribution in [0.1, 0.15) is 27.2 Å². The van der Waals surface area contributed by atoms with Gasteiger partial charge in [0, 0.05) is 11.1 Å². The molecule has 0 radical (unpaired) electrons. The van der Waals surface area contributed by atoms with E-state index in [9.17, 15) is 4.39 Å². The first-order valence-corrected chi connectivity index (χ1v) is 10.1. The number of allylic oxidation sites excluding steroid dienone is 2. The van der Waals surface area contributed by atoms with E-state index in [-0.39, 0.29) is 11.9 Å².